The van der Waals surface area contributed by atoms with Crippen molar-refractivity contribution in [3.05, 3.63) is 39.9 Å². The first-order chi connectivity index (χ1) is 8.72. The first-order valence-electron chi connectivity index (χ1n) is 6.00. The predicted molar refractivity (Wildman–Crippen MR) is 73.4 cm³/mol. The van der Waals surface area contributed by atoms with Gasteiger partial charge in [-0.3, -0.25) is 15.0 Å². The lowest BCUT2D eigenvalue weighted by atomic mass is 10.1. The van der Waals surface area contributed by atoms with Crippen LogP contribution in [-0.4, -0.2) is 34.2 Å². The zero-order valence-electron chi connectivity index (χ0n) is 10.3. The summed E-state index contributed by atoms with van der Waals surface area (Å²) in [6.07, 6.45) is 0.319. The van der Waals surface area contributed by atoms with E-state index in [-0.39, 0.29) is 10.6 Å². The summed E-state index contributed by atoms with van der Waals surface area (Å²) in [7, 11) is 0. The molecule has 1 aromatic carbocycles. The molecule has 1 fully saturated rings. The van der Waals surface area contributed by atoms with Gasteiger partial charge in [0.1, 0.15) is 0 Å². The van der Waals surface area contributed by atoms with E-state index >= 15 is 0 Å². The number of thioether (sulfide) groups is 1. The molecule has 1 aliphatic rings. The Morgan fingerprint density at radius 2 is 2.33 bits per heavy atom. The fraction of sp³-hybridized carbons (Fsp3) is 0.500. The molecule has 1 heterocycles. The second kappa shape index (κ2) is 6.17. The molecule has 2 rings (SSSR count). The van der Waals surface area contributed by atoms with Crippen LogP contribution < -0.4 is 5.32 Å². The van der Waals surface area contributed by atoms with Crippen molar-refractivity contribution in [1.82, 2.24) is 10.2 Å². The van der Waals surface area contributed by atoms with Gasteiger partial charge >= 0.3 is 0 Å². The molecule has 5 nitrogen and oxygen atoms in total. The fourth-order valence-electron chi connectivity index (χ4n) is 2.10. The van der Waals surface area contributed by atoms with Crippen molar-refractivity contribution in [2.24, 2.45) is 0 Å². The number of hydrogen-bond acceptors (Lipinski definition) is 5. The average molecular weight is 267 g/mol. The quantitative estimate of drug-likeness (QED) is 0.653. The van der Waals surface area contributed by atoms with Gasteiger partial charge in [0.15, 0.2) is 0 Å². The topological polar surface area (TPSA) is 58.4 Å². The number of benzene rings is 1. The molecule has 6 heteroatoms. The van der Waals surface area contributed by atoms with Crippen molar-refractivity contribution in [2.75, 3.05) is 18.2 Å². The highest BCUT2D eigenvalue weighted by Gasteiger charge is 2.26. The third-order valence-corrected chi connectivity index (χ3v) is 4.04. The molecule has 0 spiro atoms. The smallest absolute Gasteiger partial charge is 0.273 e. The molecule has 98 valence electrons. The maximum absolute atomic E-state index is 11.0. The minimum atomic E-state index is -0.305. The molecule has 1 unspecified atom stereocenters. The Balaban J connectivity index is 2.11. The van der Waals surface area contributed by atoms with Crippen LogP contribution in [0.15, 0.2) is 24.3 Å². The SMILES string of the molecule is CCNC1CSCN1Cc1ccccc1[N+](=O)[O-]. The van der Waals surface area contributed by atoms with Crippen LogP contribution in [0.1, 0.15) is 12.5 Å². The highest BCUT2D eigenvalue weighted by molar-refractivity contribution is 7.99. The molecule has 0 saturated carbocycles. The average Bonchev–Trinajstić information content (AvgIpc) is 2.78. The fourth-order valence-corrected chi connectivity index (χ4v) is 3.26. The van der Waals surface area contributed by atoms with Crippen LogP contribution in [0.3, 0.4) is 0 Å². The summed E-state index contributed by atoms with van der Waals surface area (Å²) in [6, 6.07) is 6.97. The number of nitro benzene ring substituents is 1. The highest BCUT2D eigenvalue weighted by Crippen LogP contribution is 2.25. The van der Waals surface area contributed by atoms with E-state index in [1.54, 1.807) is 12.1 Å². The van der Waals surface area contributed by atoms with Crippen molar-refractivity contribution in [1.29, 1.82) is 0 Å². The summed E-state index contributed by atoms with van der Waals surface area (Å²) in [5.74, 6) is 1.96. The van der Waals surface area contributed by atoms with Gasteiger partial charge in [0, 0.05) is 29.8 Å². The van der Waals surface area contributed by atoms with Gasteiger partial charge in [-0.2, -0.15) is 0 Å². The van der Waals surface area contributed by atoms with Crippen LogP contribution >= 0.6 is 11.8 Å². The van der Waals surface area contributed by atoms with Crippen LogP contribution in [-0.2, 0) is 6.54 Å². The summed E-state index contributed by atoms with van der Waals surface area (Å²) in [6.45, 7) is 3.62. The Labute approximate surface area is 111 Å². The molecular weight excluding hydrogens is 250 g/mol. The molecule has 0 bridgehead atoms. The van der Waals surface area contributed by atoms with Crippen LogP contribution in [0.4, 0.5) is 5.69 Å². The van der Waals surface area contributed by atoms with Crippen molar-refractivity contribution in [3.8, 4) is 0 Å². The molecule has 0 aromatic heterocycles. The molecule has 0 amide bonds. The number of hydrogen-bond donors (Lipinski definition) is 1. The lowest BCUT2D eigenvalue weighted by Gasteiger charge is -2.23. The van der Waals surface area contributed by atoms with Crippen LogP contribution in [0.2, 0.25) is 0 Å². The number of nitrogens with one attached hydrogen (secondary N) is 1. The normalized spacial score (nSPS) is 20.2. The Morgan fingerprint density at radius 1 is 1.56 bits per heavy atom. The van der Waals surface area contributed by atoms with Crippen molar-refractivity contribution in [2.45, 2.75) is 19.6 Å². The molecule has 1 aromatic rings. The van der Waals surface area contributed by atoms with E-state index in [0.29, 0.717) is 12.7 Å². The van der Waals surface area contributed by atoms with E-state index in [4.69, 9.17) is 0 Å². The molecule has 0 aliphatic carbocycles. The molecular formula is C12H17N3O2S. The van der Waals surface area contributed by atoms with Crippen molar-refractivity contribution in [3.63, 3.8) is 0 Å². The Morgan fingerprint density at radius 3 is 3.06 bits per heavy atom. The zero-order chi connectivity index (χ0) is 13.0. The zero-order valence-corrected chi connectivity index (χ0v) is 11.2. The van der Waals surface area contributed by atoms with Gasteiger partial charge in [0.2, 0.25) is 0 Å². The lowest BCUT2D eigenvalue weighted by Crippen LogP contribution is -2.42. The van der Waals surface area contributed by atoms with Crippen LogP contribution in [0.5, 0.6) is 0 Å². The summed E-state index contributed by atoms with van der Waals surface area (Å²) < 4.78 is 0. The van der Waals surface area contributed by atoms with Gasteiger partial charge in [0.05, 0.1) is 11.1 Å². The van der Waals surface area contributed by atoms with Gasteiger partial charge in [-0.1, -0.05) is 25.1 Å². The summed E-state index contributed by atoms with van der Waals surface area (Å²) in [4.78, 5) is 12.9. The third-order valence-electron chi connectivity index (χ3n) is 2.98. The number of rotatable bonds is 5. The van der Waals surface area contributed by atoms with Gasteiger partial charge in [-0.25, -0.2) is 0 Å². The summed E-state index contributed by atoms with van der Waals surface area (Å²) in [5, 5.41) is 14.4. The Bertz CT molecular complexity index is 428. The summed E-state index contributed by atoms with van der Waals surface area (Å²) in [5.41, 5.74) is 0.998. The molecule has 1 atom stereocenters. The van der Waals surface area contributed by atoms with Crippen LogP contribution in [0, 0.1) is 10.1 Å². The monoisotopic (exact) mass is 267 g/mol. The first-order valence-corrected chi connectivity index (χ1v) is 7.15. The number of nitro groups is 1. The van der Waals surface area contributed by atoms with E-state index in [2.05, 4.69) is 17.1 Å². The van der Waals surface area contributed by atoms with Gasteiger partial charge in [-0.15, -0.1) is 11.8 Å². The van der Waals surface area contributed by atoms with E-state index in [0.717, 1.165) is 23.7 Å². The minimum Gasteiger partial charge on any atom is -0.301 e. The van der Waals surface area contributed by atoms with Crippen molar-refractivity contribution < 1.29 is 4.92 Å². The Kier molecular flexibility index (Phi) is 4.57. The number of para-hydroxylation sites is 1. The van der Waals surface area contributed by atoms with Crippen LogP contribution in [0.25, 0.3) is 0 Å². The predicted octanol–water partition coefficient (Wildman–Crippen LogP) is 2.04. The molecule has 1 N–H and O–H groups in total. The van der Waals surface area contributed by atoms with E-state index in [9.17, 15) is 10.1 Å². The van der Waals surface area contributed by atoms with Crippen molar-refractivity contribution >= 4 is 17.4 Å². The molecule has 1 saturated heterocycles. The Hall–Kier alpha value is -1.11. The highest BCUT2D eigenvalue weighted by atomic mass is 32.2. The maximum atomic E-state index is 11.0. The molecule has 0 radical (unpaired) electrons. The third kappa shape index (κ3) is 3.01. The first kappa shape index (κ1) is 13.3. The number of nitrogens with zero attached hydrogens (tertiary/aromatic N) is 2. The van der Waals surface area contributed by atoms with E-state index in [1.807, 2.05) is 23.9 Å². The summed E-state index contributed by atoms with van der Waals surface area (Å²) >= 11 is 1.86. The standard InChI is InChI=1S/C12H17N3O2S/c1-2-13-12-8-18-9-14(12)7-10-5-3-4-6-11(10)15(16)17/h3-6,12-13H,2,7-9H2,1H3. The van der Waals surface area contributed by atoms with E-state index < -0.39 is 0 Å². The lowest BCUT2D eigenvalue weighted by molar-refractivity contribution is -0.385. The maximum Gasteiger partial charge on any atom is 0.273 e. The molecule has 18 heavy (non-hydrogen) atoms. The largest absolute Gasteiger partial charge is 0.301 e. The van der Waals surface area contributed by atoms with Gasteiger partial charge in [0.25, 0.3) is 5.69 Å². The second-order valence-corrected chi connectivity index (χ2v) is 5.21. The minimum absolute atomic E-state index is 0.213. The van der Waals surface area contributed by atoms with Gasteiger partial charge in [-0.05, 0) is 6.54 Å². The van der Waals surface area contributed by atoms with Gasteiger partial charge < -0.3 is 5.32 Å². The second-order valence-electron chi connectivity index (χ2n) is 4.21. The van der Waals surface area contributed by atoms with E-state index in [1.165, 1.54) is 0 Å². The molecule has 1 aliphatic heterocycles.